The summed E-state index contributed by atoms with van der Waals surface area (Å²) in [6, 6.07) is 6.00. The van der Waals surface area contributed by atoms with Crippen molar-refractivity contribution in [2.45, 2.75) is 57.5 Å². The molecular formula is C20H26N2O3. The monoisotopic (exact) mass is 342 g/mol. The summed E-state index contributed by atoms with van der Waals surface area (Å²) in [5, 5.41) is 10.6. The first-order chi connectivity index (χ1) is 12.0. The number of aliphatic hydroxyl groups is 1. The van der Waals surface area contributed by atoms with Gasteiger partial charge in [0.2, 0.25) is 0 Å². The maximum absolute atomic E-state index is 12.7. The van der Waals surface area contributed by atoms with Crippen molar-refractivity contribution in [2.75, 3.05) is 13.1 Å². The number of aryl methyl sites for hydroxylation is 1. The van der Waals surface area contributed by atoms with E-state index in [0.29, 0.717) is 13.1 Å². The highest BCUT2D eigenvalue weighted by atomic mass is 16.3. The number of hydrogen-bond acceptors (Lipinski definition) is 4. The largest absolute Gasteiger partial charge is 0.440 e. The van der Waals surface area contributed by atoms with Gasteiger partial charge in [-0.25, -0.2) is 4.98 Å². The molecule has 1 saturated carbocycles. The van der Waals surface area contributed by atoms with Crippen LogP contribution in [0.5, 0.6) is 0 Å². The van der Waals surface area contributed by atoms with Crippen LogP contribution in [-0.4, -0.2) is 39.6 Å². The van der Waals surface area contributed by atoms with E-state index >= 15 is 0 Å². The van der Waals surface area contributed by atoms with Crippen LogP contribution < -0.4 is 0 Å². The number of fused-ring (bicyclic) bond motifs is 1. The molecule has 1 aromatic carbocycles. The number of piperidine rings is 1. The van der Waals surface area contributed by atoms with Crippen molar-refractivity contribution in [3.05, 3.63) is 29.7 Å². The number of rotatable bonds is 3. The zero-order valence-corrected chi connectivity index (χ0v) is 15.0. The van der Waals surface area contributed by atoms with E-state index in [0.717, 1.165) is 54.7 Å². The molecule has 0 bridgehead atoms. The number of aromatic nitrogens is 1. The van der Waals surface area contributed by atoms with E-state index in [-0.39, 0.29) is 17.7 Å². The number of carbonyl (C=O) groups is 1. The van der Waals surface area contributed by atoms with Gasteiger partial charge in [0.25, 0.3) is 5.91 Å². The minimum absolute atomic E-state index is 0.107. The molecule has 134 valence electrons. The average molecular weight is 342 g/mol. The molecule has 1 aliphatic heterocycles. The lowest BCUT2D eigenvalue weighted by atomic mass is 9.73. The lowest BCUT2D eigenvalue weighted by Gasteiger charge is -2.42. The Morgan fingerprint density at radius 3 is 2.60 bits per heavy atom. The van der Waals surface area contributed by atoms with Crippen LogP contribution in [-0.2, 0) is 4.79 Å². The standard InChI is InChI=1S/C20H26N2O3/c1-13-5-3-8-16-17(13)25-18(21-16)14-9-11-22(12-10-14)19(23)20(2,24)15-6-4-7-15/h3,5,8,14-15,24H,4,6-7,9-12H2,1-2H3. The Morgan fingerprint density at radius 2 is 2.00 bits per heavy atom. The number of nitrogens with zero attached hydrogens (tertiary/aromatic N) is 2. The second-order valence-corrected chi connectivity index (χ2v) is 7.82. The lowest BCUT2D eigenvalue weighted by Crippen LogP contribution is -2.54. The van der Waals surface area contributed by atoms with Gasteiger partial charge < -0.3 is 14.4 Å². The van der Waals surface area contributed by atoms with E-state index in [1.54, 1.807) is 6.92 Å². The van der Waals surface area contributed by atoms with Gasteiger partial charge >= 0.3 is 0 Å². The Bertz CT molecular complexity index is 783. The minimum atomic E-state index is -1.21. The molecule has 1 N–H and O–H groups in total. The van der Waals surface area contributed by atoms with E-state index in [1.807, 2.05) is 30.0 Å². The number of amides is 1. The van der Waals surface area contributed by atoms with Crippen molar-refractivity contribution in [3.63, 3.8) is 0 Å². The van der Waals surface area contributed by atoms with Gasteiger partial charge in [0.15, 0.2) is 11.5 Å². The fraction of sp³-hybridized carbons (Fsp3) is 0.600. The van der Waals surface area contributed by atoms with Crippen LogP contribution in [0, 0.1) is 12.8 Å². The molecule has 1 aliphatic carbocycles. The molecule has 0 spiro atoms. The van der Waals surface area contributed by atoms with Crippen molar-refractivity contribution < 1.29 is 14.3 Å². The first-order valence-electron chi connectivity index (χ1n) is 9.34. The molecule has 1 unspecified atom stereocenters. The van der Waals surface area contributed by atoms with Crippen molar-refractivity contribution in [2.24, 2.45) is 5.92 Å². The Kier molecular flexibility index (Phi) is 4.07. The van der Waals surface area contributed by atoms with Gasteiger partial charge in [0, 0.05) is 19.0 Å². The molecule has 1 amide bonds. The van der Waals surface area contributed by atoms with Gasteiger partial charge in [-0.05, 0) is 57.1 Å². The van der Waals surface area contributed by atoms with Gasteiger partial charge in [-0.3, -0.25) is 4.79 Å². The maximum atomic E-state index is 12.7. The van der Waals surface area contributed by atoms with E-state index in [9.17, 15) is 9.90 Å². The number of para-hydroxylation sites is 1. The van der Waals surface area contributed by atoms with Gasteiger partial charge in [-0.15, -0.1) is 0 Å². The van der Waals surface area contributed by atoms with Gasteiger partial charge in [0.05, 0.1) is 0 Å². The van der Waals surface area contributed by atoms with Crippen molar-refractivity contribution in [3.8, 4) is 0 Å². The molecule has 4 rings (SSSR count). The third-order valence-electron chi connectivity index (χ3n) is 6.09. The third kappa shape index (κ3) is 2.84. The number of likely N-dealkylation sites (tertiary alicyclic amines) is 1. The topological polar surface area (TPSA) is 66.6 Å². The Labute approximate surface area is 148 Å². The Balaban J connectivity index is 1.44. The summed E-state index contributed by atoms with van der Waals surface area (Å²) in [5.74, 6) is 1.04. The predicted molar refractivity (Wildman–Crippen MR) is 95.3 cm³/mol. The Hall–Kier alpha value is -1.88. The molecule has 1 saturated heterocycles. The minimum Gasteiger partial charge on any atom is -0.440 e. The molecule has 2 aromatic rings. The smallest absolute Gasteiger partial charge is 0.254 e. The van der Waals surface area contributed by atoms with E-state index in [4.69, 9.17) is 4.42 Å². The fourth-order valence-electron chi connectivity index (χ4n) is 4.07. The quantitative estimate of drug-likeness (QED) is 0.928. The van der Waals surface area contributed by atoms with E-state index in [2.05, 4.69) is 4.98 Å². The van der Waals surface area contributed by atoms with Crippen molar-refractivity contribution >= 4 is 17.0 Å². The summed E-state index contributed by atoms with van der Waals surface area (Å²) in [6.45, 7) is 5.03. The zero-order valence-electron chi connectivity index (χ0n) is 15.0. The fourth-order valence-corrected chi connectivity index (χ4v) is 4.07. The molecule has 25 heavy (non-hydrogen) atoms. The predicted octanol–water partition coefficient (Wildman–Crippen LogP) is 3.39. The normalized spacial score (nSPS) is 22.0. The summed E-state index contributed by atoms with van der Waals surface area (Å²) in [6.07, 6.45) is 4.69. The first kappa shape index (κ1) is 16.6. The van der Waals surface area contributed by atoms with Crippen LogP contribution in [0.1, 0.15) is 56.4 Å². The average Bonchev–Trinajstić information content (AvgIpc) is 2.98. The molecule has 1 aromatic heterocycles. The molecule has 0 radical (unpaired) electrons. The second kappa shape index (κ2) is 6.13. The van der Waals surface area contributed by atoms with Crippen molar-refractivity contribution in [1.29, 1.82) is 0 Å². The van der Waals surface area contributed by atoms with Gasteiger partial charge in [-0.2, -0.15) is 0 Å². The zero-order chi connectivity index (χ0) is 17.6. The van der Waals surface area contributed by atoms with Crippen LogP contribution in [0.25, 0.3) is 11.1 Å². The lowest BCUT2D eigenvalue weighted by molar-refractivity contribution is -0.160. The maximum Gasteiger partial charge on any atom is 0.254 e. The van der Waals surface area contributed by atoms with Crippen LogP contribution in [0.4, 0.5) is 0 Å². The van der Waals surface area contributed by atoms with Crippen LogP contribution in [0.15, 0.2) is 22.6 Å². The van der Waals surface area contributed by atoms with Gasteiger partial charge in [-0.1, -0.05) is 18.6 Å². The van der Waals surface area contributed by atoms with Crippen LogP contribution >= 0.6 is 0 Å². The highest BCUT2D eigenvalue weighted by Crippen LogP contribution is 2.38. The Morgan fingerprint density at radius 1 is 1.28 bits per heavy atom. The molecular weight excluding hydrogens is 316 g/mol. The molecule has 2 heterocycles. The highest BCUT2D eigenvalue weighted by Gasteiger charge is 2.45. The van der Waals surface area contributed by atoms with Crippen LogP contribution in [0.2, 0.25) is 0 Å². The molecule has 5 nitrogen and oxygen atoms in total. The number of hydrogen-bond donors (Lipinski definition) is 1. The summed E-state index contributed by atoms with van der Waals surface area (Å²) in [4.78, 5) is 19.2. The van der Waals surface area contributed by atoms with E-state index < -0.39 is 5.60 Å². The molecule has 2 aliphatic rings. The van der Waals surface area contributed by atoms with Gasteiger partial charge in [0.1, 0.15) is 11.1 Å². The summed E-state index contributed by atoms with van der Waals surface area (Å²) >= 11 is 0. The third-order valence-corrected chi connectivity index (χ3v) is 6.09. The van der Waals surface area contributed by atoms with E-state index in [1.165, 1.54) is 0 Å². The summed E-state index contributed by atoms with van der Waals surface area (Å²) < 4.78 is 6.00. The SMILES string of the molecule is Cc1cccc2nc(C3CCN(C(=O)C(C)(O)C4CCC4)CC3)oc12. The number of oxazole rings is 1. The summed E-state index contributed by atoms with van der Waals surface area (Å²) in [5.41, 5.74) is 1.66. The highest BCUT2D eigenvalue weighted by molar-refractivity contribution is 5.85. The molecule has 1 atom stereocenters. The van der Waals surface area contributed by atoms with Crippen LogP contribution in [0.3, 0.4) is 0 Å². The number of benzene rings is 1. The molecule has 2 fully saturated rings. The van der Waals surface area contributed by atoms with Crippen molar-refractivity contribution in [1.82, 2.24) is 9.88 Å². The first-order valence-corrected chi connectivity index (χ1v) is 9.34. The molecule has 5 heteroatoms. The summed E-state index contributed by atoms with van der Waals surface area (Å²) in [7, 11) is 0. The second-order valence-electron chi connectivity index (χ2n) is 7.82. The number of carbonyl (C=O) groups excluding carboxylic acids is 1.